The lowest BCUT2D eigenvalue weighted by molar-refractivity contribution is -0.160. The first-order valence-corrected chi connectivity index (χ1v) is 14.8. The molecule has 1 aromatic heterocycles. The number of ether oxygens (including phenoxy) is 1. The zero-order valence-corrected chi connectivity index (χ0v) is 22.9. The third-order valence-corrected chi connectivity index (χ3v) is 11.7. The number of H-pyrrole nitrogens is 1. The zero-order valence-electron chi connectivity index (χ0n) is 22.9. The molecule has 0 spiro atoms. The Bertz CT molecular complexity index is 1170. The molecule has 1 N–H and O–H groups in total. The van der Waals surface area contributed by atoms with E-state index in [1.165, 1.54) is 43.1 Å². The van der Waals surface area contributed by atoms with Gasteiger partial charge in [0.05, 0.1) is 6.61 Å². The van der Waals surface area contributed by atoms with Gasteiger partial charge >= 0.3 is 5.97 Å². The first-order valence-electron chi connectivity index (χ1n) is 14.8. The molecule has 200 valence electrons. The van der Waals surface area contributed by atoms with Crippen molar-refractivity contribution in [2.45, 2.75) is 90.5 Å². The largest absolute Gasteiger partial charge is 0.465 e. The van der Waals surface area contributed by atoms with E-state index >= 15 is 0 Å². The Balaban J connectivity index is 1.04. The van der Waals surface area contributed by atoms with E-state index in [-0.39, 0.29) is 16.8 Å². The van der Waals surface area contributed by atoms with Crippen LogP contribution in [0.15, 0.2) is 30.5 Å². The highest BCUT2D eigenvalue weighted by Crippen LogP contribution is 2.66. The topological polar surface area (TPSA) is 62.4 Å². The number of fused-ring (bicyclic) bond motifs is 6. The van der Waals surface area contributed by atoms with Gasteiger partial charge in [-0.15, -0.1) is 0 Å². The van der Waals surface area contributed by atoms with Gasteiger partial charge in [0.15, 0.2) is 0 Å². The molecule has 4 fully saturated rings. The molecule has 1 saturated heterocycles. The Morgan fingerprint density at radius 2 is 1.86 bits per heavy atom. The SMILES string of the molecule is CN1C(=O)CC[C@]2(C)[C@H]3CC[C@]4(C)C(COC(=O)CCCc5c[nH]c6ccccc56)CC[C@H]4[C@@H]3CC[C@@H]12. The molecule has 37 heavy (non-hydrogen) atoms. The van der Waals surface area contributed by atoms with Crippen molar-refractivity contribution in [3.05, 3.63) is 36.0 Å². The maximum atomic E-state index is 12.7. The van der Waals surface area contributed by atoms with Gasteiger partial charge in [0.1, 0.15) is 0 Å². The van der Waals surface area contributed by atoms with Crippen molar-refractivity contribution in [2.24, 2.45) is 34.5 Å². The van der Waals surface area contributed by atoms with Crippen LogP contribution < -0.4 is 0 Å². The van der Waals surface area contributed by atoms with E-state index in [1.54, 1.807) is 0 Å². The van der Waals surface area contributed by atoms with Gasteiger partial charge in [-0.3, -0.25) is 9.59 Å². The molecule has 1 unspecified atom stereocenters. The molecule has 0 bridgehead atoms. The molecule has 5 heteroatoms. The number of nitrogens with one attached hydrogen (secondary N) is 1. The summed E-state index contributed by atoms with van der Waals surface area (Å²) in [6.45, 7) is 5.58. The number of esters is 1. The summed E-state index contributed by atoms with van der Waals surface area (Å²) in [7, 11) is 2.04. The molecule has 1 amide bonds. The van der Waals surface area contributed by atoms with Gasteiger partial charge in [0, 0.05) is 43.0 Å². The number of piperidine rings is 1. The summed E-state index contributed by atoms with van der Waals surface area (Å²) in [5, 5.41) is 1.26. The van der Waals surface area contributed by atoms with Crippen molar-refractivity contribution < 1.29 is 14.3 Å². The number of carbonyl (C=O) groups excluding carboxylic acids is 2. The lowest BCUT2D eigenvalue weighted by Gasteiger charge is -2.61. The highest BCUT2D eigenvalue weighted by atomic mass is 16.5. The second kappa shape index (κ2) is 9.47. The Morgan fingerprint density at radius 3 is 2.73 bits per heavy atom. The molecule has 1 aromatic carbocycles. The Kier molecular flexibility index (Phi) is 6.40. The summed E-state index contributed by atoms with van der Waals surface area (Å²) in [5.74, 6) is 3.01. The van der Waals surface area contributed by atoms with Crippen LogP contribution in [0.25, 0.3) is 10.9 Å². The number of aromatic amines is 1. The number of amides is 1. The molecule has 6 rings (SSSR count). The van der Waals surface area contributed by atoms with Crippen LogP contribution in [0.3, 0.4) is 0 Å². The lowest BCUT2D eigenvalue weighted by atomic mass is 9.47. The second-order valence-corrected chi connectivity index (χ2v) is 13.2. The number of rotatable bonds is 6. The lowest BCUT2D eigenvalue weighted by Crippen LogP contribution is -2.61. The molecule has 2 heterocycles. The standard InChI is InChI=1S/C32H44N2O3/c1-31-17-15-26-24(12-14-28-32(26,2)18-16-29(35)34(28)3)25(31)13-11-22(31)20-37-30(36)10-6-7-21-19-33-27-9-5-4-8-23(21)27/h4-5,8-9,19,22,24-26,28,33H,6-7,10-18,20H2,1-3H3/t22?,24-,25-,26-,28+,31+,32+/m0/s1. The normalized spacial score (nSPS) is 37.2. The maximum absolute atomic E-state index is 12.7. The minimum absolute atomic E-state index is 0.0384. The predicted octanol–water partition coefficient (Wildman–Crippen LogP) is 6.51. The molecule has 0 radical (unpaired) electrons. The summed E-state index contributed by atoms with van der Waals surface area (Å²) < 4.78 is 5.92. The average Bonchev–Trinajstić information content (AvgIpc) is 3.46. The number of aryl methyl sites for hydroxylation is 1. The minimum Gasteiger partial charge on any atom is -0.465 e. The molecule has 5 nitrogen and oxygen atoms in total. The number of carbonyl (C=O) groups is 2. The summed E-state index contributed by atoms with van der Waals surface area (Å²) in [5.41, 5.74) is 2.99. The fraction of sp³-hybridized carbons (Fsp3) is 0.688. The van der Waals surface area contributed by atoms with Crippen LogP contribution in [-0.2, 0) is 20.7 Å². The van der Waals surface area contributed by atoms with Crippen molar-refractivity contribution in [2.75, 3.05) is 13.7 Å². The maximum Gasteiger partial charge on any atom is 0.305 e. The van der Waals surface area contributed by atoms with Crippen molar-refractivity contribution in [1.82, 2.24) is 9.88 Å². The molecule has 3 saturated carbocycles. The van der Waals surface area contributed by atoms with Gasteiger partial charge in [0.25, 0.3) is 0 Å². The van der Waals surface area contributed by atoms with E-state index in [0.29, 0.717) is 37.3 Å². The molecule has 4 aliphatic rings. The number of hydrogen-bond acceptors (Lipinski definition) is 3. The fourth-order valence-electron chi connectivity index (χ4n) is 9.56. The highest BCUT2D eigenvalue weighted by molar-refractivity contribution is 5.83. The second-order valence-electron chi connectivity index (χ2n) is 13.2. The minimum atomic E-state index is -0.0384. The Morgan fingerprint density at radius 1 is 1.05 bits per heavy atom. The van der Waals surface area contributed by atoms with Crippen LogP contribution in [-0.4, -0.2) is 41.5 Å². The van der Waals surface area contributed by atoms with Gasteiger partial charge < -0.3 is 14.6 Å². The third kappa shape index (κ3) is 4.12. The Labute approximate surface area is 221 Å². The van der Waals surface area contributed by atoms with Crippen molar-refractivity contribution in [3.8, 4) is 0 Å². The molecular weight excluding hydrogens is 460 g/mol. The number of aromatic nitrogens is 1. The van der Waals surface area contributed by atoms with Gasteiger partial charge in [-0.05, 0) is 104 Å². The summed E-state index contributed by atoms with van der Waals surface area (Å²) >= 11 is 0. The number of hydrogen-bond donors (Lipinski definition) is 1. The van der Waals surface area contributed by atoms with E-state index in [2.05, 4.69) is 48.1 Å². The first kappa shape index (κ1) is 25.0. The number of para-hydroxylation sites is 1. The van der Waals surface area contributed by atoms with Gasteiger partial charge in [-0.1, -0.05) is 32.0 Å². The van der Waals surface area contributed by atoms with Crippen LogP contribution >= 0.6 is 0 Å². The van der Waals surface area contributed by atoms with Crippen LogP contribution in [0, 0.1) is 34.5 Å². The van der Waals surface area contributed by atoms with Crippen molar-refractivity contribution >= 4 is 22.8 Å². The van der Waals surface area contributed by atoms with Crippen molar-refractivity contribution in [1.29, 1.82) is 0 Å². The van der Waals surface area contributed by atoms with Crippen molar-refractivity contribution in [3.63, 3.8) is 0 Å². The predicted molar refractivity (Wildman–Crippen MR) is 146 cm³/mol. The van der Waals surface area contributed by atoms with Gasteiger partial charge in [-0.2, -0.15) is 0 Å². The van der Waals surface area contributed by atoms with E-state index in [4.69, 9.17) is 4.74 Å². The van der Waals surface area contributed by atoms with Crippen LogP contribution in [0.4, 0.5) is 0 Å². The van der Waals surface area contributed by atoms with E-state index in [1.807, 2.05) is 13.1 Å². The molecule has 1 aliphatic heterocycles. The number of benzene rings is 1. The van der Waals surface area contributed by atoms with Crippen LogP contribution in [0.1, 0.15) is 83.6 Å². The molecule has 7 atom stereocenters. The quantitative estimate of drug-likeness (QED) is 0.456. The van der Waals surface area contributed by atoms with E-state index in [0.717, 1.165) is 49.0 Å². The summed E-state index contributed by atoms with van der Waals surface area (Å²) in [4.78, 5) is 30.5. The highest BCUT2D eigenvalue weighted by Gasteiger charge is 2.61. The monoisotopic (exact) mass is 504 g/mol. The smallest absolute Gasteiger partial charge is 0.305 e. The third-order valence-electron chi connectivity index (χ3n) is 11.7. The van der Waals surface area contributed by atoms with Gasteiger partial charge in [-0.25, -0.2) is 0 Å². The molecule has 2 aromatic rings. The van der Waals surface area contributed by atoms with Crippen LogP contribution in [0.5, 0.6) is 0 Å². The summed E-state index contributed by atoms with van der Waals surface area (Å²) in [6, 6.07) is 8.77. The molecular formula is C32H44N2O3. The zero-order chi connectivity index (χ0) is 25.8. The summed E-state index contributed by atoms with van der Waals surface area (Å²) in [6.07, 6.45) is 13.4. The van der Waals surface area contributed by atoms with Crippen LogP contribution in [0.2, 0.25) is 0 Å². The molecule has 3 aliphatic carbocycles. The van der Waals surface area contributed by atoms with E-state index in [9.17, 15) is 9.59 Å². The number of likely N-dealkylation sites (tertiary alicyclic amines) is 1. The number of nitrogens with zero attached hydrogens (tertiary/aromatic N) is 1. The average molecular weight is 505 g/mol. The first-order chi connectivity index (χ1) is 17.8. The fourth-order valence-corrected chi connectivity index (χ4v) is 9.56. The van der Waals surface area contributed by atoms with E-state index < -0.39 is 0 Å². The van der Waals surface area contributed by atoms with Gasteiger partial charge in [0.2, 0.25) is 5.91 Å². The Hall–Kier alpha value is -2.30.